The van der Waals surface area contributed by atoms with Crippen molar-refractivity contribution in [2.75, 3.05) is 13.1 Å². The lowest BCUT2D eigenvalue weighted by Crippen LogP contribution is -2.16. The minimum absolute atomic E-state index is 0.0276. The molecule has 0 saturated heterocycles. The van der Waals surface area contributed by atoms with Crippen molar-refractivity contribution >= 4 is 11.6 Å². The molecule has 3 nitrogen and oxygen atoms in total. The average molecular weight is 315 g/mol. The van der Waals surface area contributed by atoms with Crippen molar-refractivity contribution in [3.8, 4) is 11.3 Å². The molecular weight excluding hydrogens is 298 g/mol. The van der Waals surface area contributed by atoms with Crippen LogP contribution in [0.15, 0.2) is 22.7 Å². The predicted octanol–water partition coefficient (Wildman–Crippen LogP) is 4.21. The fourth-order valence-electron chi connectivity index (χ4n) is 1.93. The van der Waals surface area contributed by atoms with E-state index in [1.165, 1.54) is 6.20 Å². The summed E-state index contributed by atoms with van der Waals surface area (Å²) in [6.07, 6.45) is 4.01. The quantitative estimate of drug-likeness (QED) is 0.614. The summed E-state index contributed by atoms with van der Waals surface area (Å²) in [4.78, 5) is 4.09. The normalized spacial score (nSPS) is 11.0. The largest absolute Gasteiger partial charge is 0.441 e. The maximum absolute atomic E-state index is 13.8. The van der Waals surface area contributed by atoms with E-state index in [2.05, 4.69) is 17.2 Å². The Labute approximate surface area is 127 Å². The second-order valence-electron chi connectivity index (χ2n) is 4.72. The van der Waals surface area contributed by atoms with E-state index in [4.69, 9.17) is 16.0 Å². The van der Waals surface area contributed by atoms with Crippen LogP contribution in [0.2, 0.25) is 5.02 Å². The molecule has 0 fully saturated rings. The minimum Gasteiger partial charge on any atom is -0.441 e. The maximum atomic E-state index is 13.8. The molecule has 0 spiro atoms. The lowest BCUT2D eigenvalue weighted by atomic mass is 10.1. The summed E-state index contributed by atoms with van der Waals surface area (Å²) in [5, 5.41) is 3.02. The topological polar surface area (TPSA) is 38.1 Å². The van der Waals surface area contributed by atoms with Gasteiger partial charge in [0.2, 0.25) is 0 Å². The molecule has 0 unspecified atom stereocenters. The van der Waals surface area contributed by atoms with E-state index in [1.54, 1.807) is 0 Å². The number of hydrogen-bond acceptors (Lipinski definition) is 3. The van der Waals surface area contributed by atoms with Gasteiger partial charge < -0.3 is 9.73 Å². The first kappa shape index (κ1) is 15.9. The van der Waals surface area contributed by atoms with Crippen LogP contribution in [0.3, 0.4) is 0 Å². The Morgan fingerprint density at radius 3 is 2.81 bits per heavy atom. The van der Waals surface area contributed by atoms with E-state index in [0.29, 0.717) is 12.3 Å². The van der Waals surface area contributed by atoms with E-state index in [1.807, 2.05) is 0 Å². The molecule has 0 aliphatic rings. The number of aryl methyl sites for hydroxylation is 1. The van der Waals surface area contributed by atoms with Crippen molar-refractivity contribution in [3.63, 3.8) is 0 Å². The van der Waals surface area contributed by atoms with Gasteiger partial charge in [-0.3, -0.25) is 0 Å². The second-order valence-corrected chi connectivity index (χ2v) is 5.13. The van der Waals surface area contributed by atoms with Crippen molar-refractivity contribution in [1.29, 1.82) is 0 Å². The molecule has 2 aromatic rings. The molecule has 1 aromatic heterocycles. The van der Waals surface area contributed by atoms with Gasteiger partial charge in [-0.25, -0.2) is 13.8 Å². The van der Waals surface area contributed by atoms with Crippen molar-refractivity contribution in [3.05, 3.63) is 40.9 Å². The van der Waals surface area contributed by atoms with Crippen LogP contribution < -0.4 is 5.32 Å². The minimum atomic E-state index is -0.685. The zero-order chi connectivity index (χ0) is 15.2. The number of rotatable bonds is 7. The number of nitrogens with one attached hydrogen (secondary N) is 1. The van der Waals surface area contributed by atoms with Gasteiger partial charge in [-0.1, -0.05) is 18.5 Å². The number of nitrogens with zero attached hydrogens (tertiary/aromatic N) is 1. The molecule has 1 N–H and O–H groups in total. The Bertz CT molecular complexity index is 601. The predicted molar refractivity (Wildman–Crippen MR) is 78.3 cm³/mol. The fourth-order valence-corrected chi connectivity index (χ4v) is 2.08. The van der Waals surface area contributed by atoms with E-state index in [-0.39, 0.29) is 16.3 Å². The highest BCUT2D eigenvalue weighted by Gasteiger charge is 2.14. The molecule has 0 aliphatic heterocycles. The van der Waals surface area contributed by atoms with Gasteiger partial charge in [0.25, 0.3) is 0 Å². The Hall–Kier alpha value is -1.46. The third-order valence-electron chi connectivity index (χ3n) is 3.00. The molecule has 1 aromatic carbocycles. The highest BCUT2D eigenvalue weighted by atomic mass is 35.5. The molecule has 6 heteroatoms. The summed E-state index contributed by atoms with van der Waals surface area (Å²) in [7, 11) is 0. The van der Waals surface area contributed by atoms with Gasteiger partial charge in [0, 0.05) is 6.42 Å². The molecule has 0 bridgehead atoms. The summed E-state index contributed by atoms with van der Waals surface area (Å²) in [6, 6.07) is 1.95. The van der Waals surface area contributed by atoms with Crippen LogP contribution in [0.5, 0.6) is 0 Å². The molecule has 114 valence electrons. The Kier molecular flexibility index (Phi) is 5.70. The van der Waals surface area contributed by atoms with Crippen LogP contribution in [0.25, 0.3) is 11.3 Å². The SMILES string of the molecule is CCCNCCCc1ncc(-c2cc(F)c(Cl)cc2F)o1. The van der Waals surface area contributed by atoms with E-state index in [9.17, 15) is 8.78 Å². The maximum Gasteiger partial charge on any atom is 0.194 e. The van der Waals surface area contributed by atoms with Gasteiger partial charge in [-0.2, -0.15) is 0 Å². The molecule has 0 atom stereocenters. The lowest BCUT2D eigenvalue weighted by molar-refractivity contribution is 0.488. The molecule has 0 radical (unpaired) electrons. The molecule has 2 rings (SSSR count). The standard InChI is InChI=1S/C15H17ClF2N2O/c1-2-5-19-6-3-4-15-20-9-14(21-15)10-7-13(18)11(16)8-12(10)17/h7-9,19H,2-6H2,1H3. The lowest BCUT2D eigenvalue weighted by Gasteiger charge is -2.02. The van der Waals surface area contributed by atoms with E-state index >= 15 is 0 Å². The van der Waals surface area contributed by atoms with Crippen LogP contribution >= 0.6 is 11.6 Å². The first-order valence-electron chi connectivity index (χ1n) is 6.92. The van der Waals surface area contributed by atoms with Gasteiger partial charge in [0.15, 0.2) is 11.7 Å². The van der Waals surface area contributed by atoms with Gasteiger partial charge in [-0.15, -0.1) is 0 Å². The number of hydrogen-bond donors (Lipinski definition) is 1. The number of oxazole rings is 1. The molecule has 1 heterocycles. The van der Waals surface area contributed by atoms with Crippen molar-refractivity contribution in [2.24, 2.45) is 0 Å². The Morgan fingerprint density at radius 2 is 2.05 bits per heavy atom. The highest BCUT2D eigenvalue weighted by Crippen LogP contribution is 2.28. The molecular formula is C15H17ClF2N2O. The average Bonchev–Trinajstić information content (AvgIpc) is 2.91. The van der Waals surface area contributed by atoms with Gasteiger partial charge in [0.05, 0.1) is 16.8 Å². The van der Waals surface area contributed by atoms with Crippen LogP contribution in [-0.4, -0.2) is 18.1 Å². The number of aromatic nitrogens is 1. The van der Waals surface area contributed by atoms with Crippen LogP contribution in [0, 0.1) is 11.6 Å². The van der Waals surface area contributed by atoms with E-state index in [0.717, 1.165) is 38.1 Å². The smallest absolute Gasteiger partial charge is 0.194 e. The zero-order valence-corrected chi connectivity index (χ0v) is 12.5. The summed E-state index contributed by atoms with van der Waals surface area (Å²) in [5.74, 6) is -0.596. The Balaban J connectivity index is 2.01. The molecule has 0 aliphatic carbocycles. The van der Waals surface area contributed by atoms with Crippen LogP contribution in [-0.2, 0) is 6.42 Å². The molecule has 21 heavy (non-hydrogen) atoms. The van der Waals surface area contributed by atoms with E-state index < -0.39 is 11.6 Å². The van der Waals surface area contributed by atoms with Crippen molar-refractivity contribution in [2.45, 2.75) is 26.2 Å². The number of halogens is 3. The Morgan fingerprint density at radius 1 is 1.24 bits per heavy atom. The summed E-state index contributed by atoms with van der Waals surface area (Å²) >= 11 is 5.52. The summed E-state index contributed by atoms with van der Waals surface area (Å²) in [6.45, 7) is 3.95. The van der Waals surface area contributed by atoms with Crippen LogP contribution in [0.1, 0.15) is 25.7 Å². The third-order valence-corrected chi connectivity index (χ3v) is 3.29. The first-order valence-corrected chi connectivity index (χ1v) is 7.30. The van der Waals surface area contributed by atoms with Crippen LogP contribution in [0.4, 0.5) is 8.78 Å². The second kappa shape index (κ2) is 7.52. The van der Waals surface area contributed by atoms with Crippen molar-refractivity contribution in [1.82, 2.24) is 10.3 Å². The summed E-state index contributed by atoms with van der Waals surface area (Å²) in [5.41, 5.74) is 0.0276. The monoisotopic (exact) mass is 314 g/mol. The third kappa shape index (κ3) is 4.25. The first-order chi connectivity index (χ1) is 10.1. The zero-order valence-electron chi connectivity index (χ0n) is 11.8. The molecule has 0 saturated carbocycles. The van der Waals surface area contributed by atoms with Gasteiger partial charge in [0.1, 0.15) is 11.6 Å². The summed E-state index contributed by atoms with van der Waals surface area (Å²) < 4.78 is 32.6. The highest BCUT2D eigenvalue weighted by molar-refractivity contribution is 6.30. The fraction of sp³-hybridized carbons (Fsp3) is 0.400. The number of benzene rings is 1. The van der Waals surface area contributed by atoms with Gasteiger partial charge >= 0.3 is 0 Å². The van der Waals surface area contributed by atoms with Gasteiger partial charge in [-0.05, 0) is 38.1 Å². The van der Waals surface area contributed by atoms with Crippen molar-refractivity contribution < 1.29 is 13.2 Å². The molecule has 0 amide bonds.